The lowest BCUT2D eigenvalue weighted by atomic mass is 10.3. The van der Waals surface area contributed by atoms with Crippen molar-refractivity contribution in [2.45, 2.75) is 6.54 Å². The van der Waals surface area contributed by atoms with Gasteiger partial charge in [0, 0.05) is 62.3 Å². The van der Waals surface area contributed by atoms with E-state index in [1.54, 1.807) is 22.7 Å². The van der Waals surface area contributed by atoms with E-state index in [4.69, 9.17) is 11.6 Å². The molecule has 0 bridgehead atoms. The molecule has 1 aliphatic heterocycles. The van der Waals surface area contributed by atoms with E-state index in [-0.39, 0.29) is 0 Å². The third kappa shape index (κ3) is 4.40. The Kier molecular flexibility index (Phi) is 5.49. The number of thiophene rings is 1. The Hall–Kier alpha value is -0.660. The average molecular weight is 343 g/mol. The van der Waals surface area contributed by atoms with Gasteiger partial charge in [0.05, 0.1) is 4.34 Å². The van der Waals surface area contributed by atoms with Crippen LogP contribution >= 0.6 is 34.3 Å². The minimum atomic E-state index is 0.866. The number of nitrogens with one attached hydrogen (secondary N) is 1. The highest BCUT2D eigenvalue weighted by Gasteiger charge is 2.17. The van der Waals surface area contributed by atoms with E-state index in [2.05, 4.69) is 26.2 Å². The molecule has 0 saturated carbocycles. The summed E-state index contributed by atoms with van der Waals surface area (Å²) in [5.41, 5.74) is 0. The summed E-state index contributed by atoms with van der Waals surface area (Å²) in [5.74, 6) is 0. The van der Waals surface area contributed by atoms with Gasteiger partial charge in [-0.15, -0.1) is 22.7 Å². The number of halogens is 1. The standard InChI is InChI=1S/C14H19ClN4S2/c15-13-2-1-12(21-13)11-16-3-5-18-6-8-19(9-7-18)14-17-4-10-20-14/h1-2,4,10,16H,3,5-9,11H2. The Bertz CT molecular complexity index is 535. The highest BCUT2D eigenvalue weighted by Crippen LogP contribution is 2.21. The van der Waals surface area contributed by atoms with Crippen LogP contribution in [0.2, 0.25) is 4.34 Å². The van der Waals surface area contributed by atoms with Gasteiger partial charge in [-0.1, -0.05) is 11.6 Å². The van der Waals surface area contributed by atoms with Gasteiger partial charge in [0.2, 0.25) is 0 Å². The monoisotopic (exact) mass is 342 g/mol. The van der Waals surface area contributed by atoms with E-state index in [9.17, 15) is 0 Å². The van der Waals surface area contributed by atoms with Crippen molar-refractivity contribution >= 4 is 39.4 Å². The van der Waals surface area contributed by atoms with E-state index >= 15 is 0 Å². The molecule has 3 rings (SSSR count). The predicted molar refractivity (Wildman–Crippen MR) is 91.8 cm³/mol. The topological polar surface area (TPSA) is 31.4 Å². The van der Waals surface area contributed by atoms with Crippen LogP contribution in [-0.4, -0.2) is 49.2 Å². The fourth-order valence-corrected chi connectivity index (χ4v) is 4.18. The third-order valence-corrected chi connectivity index (χ3v) is 5.66. The molecule has 0 unspecified atom stereocenters. The zero-order valence-electron chi connectivity index (χ0n) is 11.8. The van der Waals surface area contributed by atoms with Gasteiger partial charge < -0.3 is 10.2 Å². The van der Waals surface area contributed by atoms with Crippen molar-refractivity contribution in [3.63, 3.8) is 0 Å². The fraction of sp³-hybridized carbons (Fsp3) is 0.500. The number of piperazine rings is 1. The summed E-state index contributed by atoms with van der Waals surface area (Å²) in [6.07, 6.45) is 1.88. The summed E-state index contributed by atoms with van der Waals surface area (Å²) in [5, 5.41) is 6.69. The maximum atomic E-state index is 5.92. The van der Waals surface area contributed by atoms with E-state index in [0.29, 0.717) is 0 Å². The summed E-state index contributed by atoms with van der Waals surface area (Å²) in [7, 11) is 0. The van der Waals surface area contributed by atoms with Crippen LogP contribution < -0.4 is 10.2 Å². The van der Waals surface area contributed by atoms with E-state index in [0.717, 1.165) is 55.3 Å². The van der Waals surface area contributed by atoms with Crippen LogP contribution in [0.3, 0.4) is 0 Å². The van der Waals surface area contributed by atoms with Gasteiger partial charge >= 0.3 is 0 Å². The molecular weight excluding hydrogens is 324 g/mol. The fourth-order valence-electron chi connectivity index (χ4n) is 2.43. The second-order valence-electron chi connectivity index (χ2n) is 5.03. The molecule has 0 aromatic carbocycles. The molecule has 0 amide bonds. The molecule has 0 atom stereocenters. The molecule has 1 N–H and O–H groups in total. The Morgan fingerprint density at radius 1 is 1.24 bits per heavy atom. The molecule has 7 heteroatoms. The maximum absolute atomic E-state index is 5.92. The summed E-state index contributed by atoms with van der Waals surface area (Å²) in [4.78, 5) is 10.6. The molecule has 0 aliphatic carbocycles. The lowest BCUT2D eigenvalue weighted by Crippen LogP contribution is -2.48. The molecule has 1 saturated heterocycles. The van der Waals surface area contributed by atoms with Crippen LogP contribution in [0, 0.1) is 0 Å². The van der Waals surface area contributed by atoms with Crippen molar-refractivity contribution in [3.05, 3.63) is 32.9 Å². The Balaban J connectivity index is 1.32. The maximum Gasteiger partial charge on any atom is 0.185 e. The summed E-state index contributed by atoms with van der Waals surface area (Å²) >= 11 is 9.30. The van der Waals surface area contributed by atoms with E-state index in [1.807, 2.05) is 17.6 Å². The first-order valence-electron chi connectivity index (χ1n) is 7.13. The molecule has 2 aromatic rings. The Labute approximate surface area is 138 Å². The number of aromatic nitrogens is 1. The second kappa shape index (κ2) is 7.56. The molecule has 0 spiro atoms. The first-order valence-corrected chi connectivity index (χ1v) is 9.20. The smallest absolute Gasteiger partial charge is 0.185 e. The van der Waals surface area contributed by atoms with Crippen molar-refractivity contribution in [1.82, 2.24) is 15.2 Å². The van der Waals surface area contributed by atoms with Crippen molar-refractivity contribution in [1.29, 1.82) is 0 Å². The van der Waals surface area contributed by atoms with E-state index < -0.39 is 0 Å². The summed E-state index contributed by atoms with van der Waals surface area (Å²) in [6.45, 7) is 7.42. The van der Waals surface area contributed by atoms with Crippen LogP contribution in [0.1, 0.15) is 4.88 Å². The van der Waals surface area contributed by atoms with Crippen molar-refractivity contribution in [2.24, 2.45) is 0 Å². The number of rotatable bonds is 6. The van der Waals surface area contributed by atoms with Crippen LogP contribution in [0.4, 0.5) is 5.13 Å². The molecular formula is C14H19ClN4S2. The van der Waals surface area contributed by atoms with Crippen molar-refractivity contribution in [3.8, 4) is 0 Å². The number of anilines is 1. The van der Waals surface area contributed by atoms with Gasteiger partial charge in [-0.05, 0) is 12.1 Å². The normalized spacial score (nSPS) is 16.5. The second-order valence-corrected chi connectivity index (χ2v) is 7.70. The zero-order valence-corrected chi connectivity index (χ0v) is 14.2. The Morgan fingerprint density at radius 2 is 2.10 bits per heavy atom. The highest BCUT2D eigenvalue weighted by molar-refractivity contribution is 7.16. The Morgan fingerprint density at radius 3 is 2.76 bits per heavy atom. The third-order valence-electron chi connectivity index (χ3n) is 3.59. The quantitative estimate of drug-likeness (QED) is 0.818. The van der Waals surface area contributed by atoms with Gasteiger partial charge in [-0.25, -0.2) is 4.98 Å². The summed E-state index contributed by atoms with van der Waals surface area (Å²) in [6, 6.07) is 4.05. The van der Waals surface area contributed by atoms with Gasteiger partial charge in [-0.3, -0.25) is 4.90 Å². The van der Waals surface area contributed by atoms with Crippen LogP contribution in [0.25, 0.3) is 0 Å². The zero-order chi connectivity index (χ0) is 14.5. The molecule has 1 aliphatic rings. The van der Waals surface area contributed by atoms with Crippen LogP contribution in [0.5, 0.6) is 0 Å². The molecule has 3 heterocycles. The lowest BCUT2D eigenvalue weighted by Gasteiger charge is -2.34. The van der Waals surface area contributed by atoms with Crippen LogP contribution in [-0.2, 0) is 6.54 Å². The minimum absolute atomic E-state index is 0.866. The number of hydrogen-bond acceptors (Lipinski definition) is 6. The number of thiazole rings is 1. The first kappa shape index (κ1) is 15.2. The molecule has 4 nitrogen and oxygen atoms in total. The van der Waals surface area contributed by atoms with Crippen molar-refractivity contribution < 1.29 is 0 Å². The molecule has 1 fully saturated rings. The SMILES string of the molecule is Clc1ccc(CNCCN2CCN(c3nccs3)CC2)s1. The molecule has 21 heavy (non-hydrogen) atoms. The largest absolute Gasteiger partial charge is 0.346 e. The van der Waals surface area contributed by atoms with Gasteiger partial charge in [0.1, 0.15) is 0 Å². The van der Waals surface area contributed by atoms with Crippen molar-refractivity contribution in [2.75, 3.05) is 44.2 Å². The van der Waals surface area contributed by atoms with Gasteiger partial charge in [0.15, 0.2) is 5.13 Å². The lowest BCUT2D eigenvalue weighted by molar-refractivity contribution is 0.257. The predicted octanol–water partition coefficient (Wildman–Crippen LogP) is 2.77. The minimum Gasteiger partial charge on any atom is -0.346 e. The highest BCUT2D eigenvalue weighted by atomic mass is 35.5. The van der Waals surface area contributed by atoms with Gasteiger partial charge in [0.25, 0.3) is 0 Å². The number of nitrogens with zero attached hydrogens (tertiary/aromatic N) is 3. The summed E-state index contributed by atoms with van der Waals surface area (Å²) < 4.78 is 0.866. The average Bonchev–Trinajstić information content (AvgIpc) is 3.16. The molecule has 0 radical (unpaired) electrons. The molecule has 2 aromatic heterocycles. The number of hydrogen-bond donors (Lipinski definition) is 1. The molecule has 114 valence electrons. The first-order chi connectivity index (χ1) is 10.3. The van der Waals surface area contributed by atoms with Gasteiger partial charge in [-0.2, -0.15) is 0 Å². The van der Waals surface area contributed by atoms with Crippen LogP contribution in [0.15, 0.2) is 23.7 Å². The van der Waals surface area contributed by atoms with E-state index in [1.165, 1.54) is 4.88 Å².